The van der Waals surface area contributed by atoms with Crippen LogP contribution in [0.15, 0.2) is 60.8 Å². The number of carbonyl (C=O) groups is 1. The van der Waals surface area contributed by atoms with E-state index in [1.807, 2.05) is 33.9 Å². The number of aromatic nitrogens is 1. The predicted molar refractivity (Wildman–Crippen MR) is 116 cm³/mol. The minimum atomic E-state index is -0.257. The van der Waals surface area contributed by atoms with Gasteiger partial charge in [-0.1, -0.05) is 49.2 Å². The summed E-state index contributed by atoms with van der Waals surface area (Å²) in [5.41, 5.74) is 2.35. The van der Waals surface area contributed by atoms with Gasteiger partial charge in [0, 0.05) is 30.5 Å². The molecule has 2 aromatic carbocycles. The van der Waals surface area contributed by atoms with E-state index < -0.39 is 0 Å². The fourth-order valence-electron chi connectivity index (χ4n) is 3.25. The third-order valence-corrected chi connectivity index (χ3v) is 5.30. The molecule has 1 heterocycles. The van der Waals surface area contributed by atoms with Crippen LogP contribution in [0.3, 0.4) is 0 Å². The van der Waals surface area contributed by atoms with Crippen LogP contribution in [0.25, 0.3) is 0 Å². The Kier molecular flexibility index (Phi) is 6.99. The van der Waals surface area contributed by atoms with E-state index >= 15 is 0 Å². The molecule has 1 amide bonds. The van der Waals surface area contributed by atoms with Gasteiger partial charge in [-0.15, -0.1) is 0 Å². The van der Waals surface area contributed by atoms with Crippen molar-refractivity contribution < 1.29 is 9.18 Å². The summed E-state index contributed by atoms with van der Waals surface area (Å²) in [6.45, 7) is 5.72. The second kappa shape index (κ2) is 9.47. The Labute approximate surface area is 180 Å². The maximum Gasteiger partial charge on any atom is 0.254 e. The zero-order chi connectivity index (χ0) is 21.0. The van der Waals surface area contributed by atoms with Crippen molar-refractivity contribution in [3.05, 3.63) is 93.5 Å². The maximum absolute atomic E-state index is 13.5. The first kappa shape index (κ1) is 21.4. The Morgan fingerprint density at radius 2 is 1.86 bits per heavy atom. The lowest BCUT2D eigenvalue weighted by Crippen LogP contribution is -2.34. The standard InChI is InChI=1S/C23H23Cl2FN2O/c1-16(2)13-28(23(29)18-8-9-21(24)22(25)12-18)15-20-7-4-10-27(20)14-17-5-3-6-19(26)11-17/h3-12,16H,13-15H2,1-2H3. The molecular formula is C23H23Cl2FN2O. The van der Waals surface area contributed by atoms with E-state index in [9.17, 15) is 9.18 Å². The van der Waals surface area contributed by atoms with Gasteiger partial charge >= 0.3 is 0 Å². The van der Waals surface area contributed by atoms with Gasteiger partial charge in [-0.2, -0.15) is 0 Å². The highest BCUT2D eigenvalue weighted by molar-refractivity contribution is 6.42. The molecule has 0 saturated heterocycles. The fraction of sp³-hybridized carbons (Fsp3) is 0.261. The summed E-state index contributed by atoms with van der Waals surface area (Å²) in [4.78, 5) is 15.0. The van der Waals surface area contributed by atoms with Crippen LogP contribution < -0.4 is 0 Å². The van der Waals surface area contributed by atoms with Crippen molar-refractivity contribution in [2.24, 2.45) is 5.92 Å². The van der Waals surface area contributed by atoms with Crippen LogP contribution in [0, 0.1) is 11.7 Å². The van der Waals surface area contributed by atoms with E-state index in [-0.39, 0.29) is 11.7 Å². The predicted octanol–water partition coefficient (Wildman–Crippen LogP) is 6.28. The summed E-state index contributed by atoms with van der Waals surface area (Å²) in [5.74, 6) is -0.0587. The molecule has 3 aromatic rings. The van der Waals surface area contributed by atoms with Gasteiger partial charge in [0.2, 0.25) is 0 Å². The molecule has 0 aliphatic rings. The fourth-order valence-corrected chi connectivity index (χ4v) is 3.54. The van der Waals surface area contributed by atoms with Gasteiger partial charge < -0.3 is 9.47 Å². The van der Waals surface area contributed by atoms with Gasteiger partial charge in [-0.25, -0.2) is 4.39 Å². The third-order valence-electron chi connectivity index (χ3n) is 4.56. The van der Waals surface area contributed by atoms with Crippen molar-refractivity contribution in [3.63, 3.8) is 0 Å². The van der Waals surface area contributed by atoms with Crippen molar-refractivity contribution in [1.82, 2.24) is 9.47 Å². The van der Waals surface area contributed by atoms with Crippen molar-refractivity contribution >= 4 is 29.1 Å². The Bertz CT molecular complexity index is 1000. The van der Waals surface area contributed by atoms with Crippen molar-refractivity contribution in [2.45, 2.75) is 26.9 Å². The van der Waals surface area contributed by atoms with E-state index in [0.29, 0.717) is 41.2 Å². The van der Waals surface area contributed by atoms with Crippen LogP contribution in [-0.2, 0) is 13.1 Å². The van der Waals surface area contributed by atoms with Crippen molar-refractivity contribution in [1.29, 1.82) is 0 Å². The molecule has 0 saturated carbocycles. The van der Waals surface area contributed by atoms with Crippen LogP contribution in [0.1, 0.15) is 35.5 Å². The van der Waals surface area contributed by atoms with E-state index in [4.69, 9.17) is 23.2 Å². The van der Waals surface area contributed by atoms with E-state index in [2.05, 4.69) is 13.8 Å². The van der Waals surface area contributed by atoms with Crippen LogP contribution in [-0.4, -0.2) is 21.9 Å². The Hall–Kier alpha value is -2.30. The molecule has 152 valence electrons. The van der Waals surface area contributed by atoms with Crippen LogP contribution in [0.2, 0.25) is 10.0 Å². The molecule has 3 rings (SSSR count). The Morgan fingerprint density at radius 3 is 2.55 bits per heavy atom. The summed E-state index contributed by atoms with van der Waals surface area (Å²) in [6.07, 6.45) is 1.94. The number of benzene rings is 2. The van der Waals surface area contributed by atoms with Crippen molar-refractivity contribution in [3.8, 4) is 0 Å². The Balaban J connectivity index is 1.83. The molecule has 6 heteroatoms. The smallest absolute Gasteiger partial charge is 0.254 e. The zero-order valence-electron chi connectivity index (χ0n) is 16.4. The lowest BCUT2D eigenvalue weighted by molar-refractivity contribution is 0.0719. The lowest BCUT2D eigenvalue weighted by Gasteiger charge is -2.25. The molecule has 29 heavy (non-hydrogen) atoms. The van der Waals surface area contributed by atoms with E-state index in [0.717, 1.165) is 11.3 Å². The minimum Gasteiger partial charge on any atom is -0.345 e. The molecule has 0 aliphatic carbocycles. The second-order valence-electron chi connectivity index (χ2n) is 7.47. The summed E-state index contributed by atoms with van der Waals surface area (Å²) in [6, 6.07) is 15.4. The third kappa shape index (κ3) is 5.62. The quantitative estimate of drug-likeness (QED) is 0.431. The average molecular weight is 433 g/mol. The first-order valence-electron chi connectivity index (χ1n) is 9.46. The molecule has 1 aromatic heterocycles. The normalized spacial score (nSPS) is 11.1. The monoisotopic (exact) mass is 432 g/mol. The largest absolute Gasteiger partial charge is 0.345 e. The molecule has 0 atom stereocenters. The molecule has 3 nitrogen and oxygen atoms in total. The lowest BCUT2D eigenvalue weighted by atomic mass is 10.1. The number of carbonyl (C=O) groups excluding carboxylic acids is 1. The molecule has 0 N–H and O–H groups in total. The SMILES string of the molecule is CC(C)CN(Cc1cccn1Cc1cccc(F)c1)C(=O)c1ccc(Cl)c(Cl)c1. The van der Waals surface area contributed by atoms with Gasteiger partial charge in [0.1, 0.15) is 5.82 Å². The maximum atomic E-state index is 13.5. The highest BCUT2D eigenvalue weighted by Gasteiger charge is 2.19. The zero-order valence-corrected chi connectivity index (χ0v) is 17.9. The summed E-state index contributed by atoms with van der Waals surface area (Å²) in [5, 5.41) is 0.777. The van der Waals surface area contributed by atoms with Gasteiger partial charge in [0.05, 0.1) is 16.6 Å². The minimum absolute atomic E-state index is 0.101. The second-order valence-corrected chi connectivity index (χ2v) is 8.28. The molecule has 0 aliphatic heterocycles. The van der Waals surface area contributed by atoms with E-state index in [1.165, 1.54) is 12.1 Å². The highest BCUT2D eigenvalue weighted by atomic mass is 35.5. The summed E-state index contributed by atoms with van der Waals surface area (Å²) in [7, 11) is 0. The number of amides is 1. The first-order chi connectivity index (χ1) is 13.8. The van der Waals surface area contributed by atoms with Gasteiger partial charge in [0.25, 0.3) is 5.91 Å². The summed E-state index contributed by atoms with van der Waals surface area (Å²) < 4.78 is 15.6. The number of rotatable bonds is 7. The van der Waals surface area contributed by atoms with Crippen molar-refractivity contribution in [2.75, 3.05) is 6.54 Å². The molecule has 0 radical (unpaired) electrons. The van der Waals surface area contributed by atoms with Crippen LogP contribution in [0.5, 0.6) is 0 Å². The molecular weight excluding hydrogens is 410 g/mol. The average Bonchev–Trinajstić information content (AvgIpc) is 3.09. The molecule has 0 bridgehead atoms. The van der Waals surface area contributed by atoms with Crippen LogP contribution in [0.4, 0.5) is 4.39 Å². The van der Waals surface area contributed by atoms with E-state index in [1.54, 1.807) is 24.3 Å². The van der Waals surface area contributed by atoms with Gasteiger partial charge in [-0.05, 0) is 53.9 Å². The number of halogens is 3. The topological polar surface area (TPSA) is 25.2 Å². The number of nitrogens with zero attached hydrogens (tertiary/aromatic N) is 2. The molecule has 0 unspecified atom stereocenters. The molecule has 0 fully saturated rings. The van der Waals surface area contributed by atoms with Gasteiger partial charge in [-0.3, -0.25) is 4.79 Å². The molecule has 0 spiro atoms. The number of hydrogen-bond acceptors (Lipinski definition) is 1. The van der Waals surface area contributed by atoms with Gasteiger partial charge in [0.15, 0.2) is 0 Å². The number of hydrogen-bond donors (Lipinski definition) is 0. The van der Waals surface area contributed by atoms with Crippen LogP contribution >= 0.6 is 23.2 Å². The summed E-state index contributed by atoms with van der Waals surface area (Å²) >= 11 is 12.1. The highest BCUT2D eigenvalue weighted by Crippen LogP contribution is 2.24. The Morgan fingerprint density at radius 1 is 1.07 bits per heavy atom. The first-order valence-corrected chi connectivity index (χ1v) is 10.2.